The standard InChI is InChI=1S/C17H18BrN3OS/c1-12(14-4-3-5-15(18)10-14)20-21-17(23)19-11-13-6-8-16(22-2)9-7-13/h3-10H,11H2,1-2H3,(H2,19,21,23)/b20-12-. The maximum atomic E-state index is 5.23. The number of thiocarbonyl (C=S) groups is 1. The summed E-state index contributed by atoms with van der Waals surface area (Å²) in [6.07, 6.45) is 0. The van der Waals surface area contributed by atoms with E-state index < -0.39 is 0 Å². The molecular weight excluding hydrogens is 374 g/mol. The van der Waals surface area contributed by atoms with Crippen LogP contribution in [0.5, 0.6) is 5.75 Å². The Labute approximate surface area is 150 Å². The Morgan fingerprint density at radius 2 is 1.96 bits per heavy atom. The molecule has 2 aromatic rings. The molecular formula is C17H18BrN3OS. The molecule has 0 saturated carbocycles. The summed E-state index contributed by atoms with van der Waals surface area (Å²) in [6, 6.07) is 15.8. The molecule has 0 spiro atoms. The highest BCUT2D eigenvalue weighted by Crippen LogP contribution is 2.12. The van der Waals surface area contributed by atoms with Crippen molar-refractivity contribution in [2.45, 2.75) is 13.5 Å². The van der Waals surface area contributed by atoms with Crippen molar-refractivity contribution in [1.29, 1.82) is 0 Å². The normalized spacial score (nSPS) is 11.0. The van der Waals surface area contributed by atoms with Gasteiger partial charge in [-0.15, -0.1) is 0 Å². The molecule has 0 amide bonds. The van der Waals surface area contributed by atoms with E-state index in [2.05, 4.69) is 31.8 Å². The van der Waals surface area contributed by atoms with Crippen LogP contribution in [0, 0.1) is 0 Å². The lowest BCUT2D eigenvalue weighted by atomic mass is 10.1. The minimum atomic E-state index is 0.482. The molecule has 0 bridgehead atoms. The molecule has 0 heterocycles. The van der Waals surface area contributed by atoms with Crippen LogP contribution < -0.4 is 15.5 Å². The van der Waals surface area contributed by atoms with Crippen LogP contribution in [0.1, 0.15) is 18.1 Å². The molecule has 23 heavy (non-hydrogen) atoms. The predicted octanol–water partition coefficient (Wildman–Crippen LogP) is 3.85. The lowest BCUT2D eigenvalue weighted by molar-refractivity contribution is 0.414. The largest absolute Gasteiger partial charge is 0.497 e. The van der Waals surface area contributed by atoms with Crippen molar-refractivity contribution in [1.82, 2.24) is 10.7 Å². The third kappa shape index (κ3) is 5.65. The Morgan fingerprint density at radius 3 is 2.61 bits per heavy atom. The van der Waals surface area contributed by atoms with Gasteiger partial charge in [-0.05, 0) is 54.5 Å². The highest BCUT2D eigenvalue weighted by atomic mass is 79.9. The SMILES string of the molecule is COc1ccc(CNC(=S)N/N=C(/C)c2cccc(Br)c2)cc1. The van der Waals surface area contributed by atoms with Gasteiger partial charge in [-0.3, -0.25) is 5.43 Å². The number of hydrogen-bond donors (Lipinski definition) is 2. The summed E-state index contributed by atoms with van der Waals surface area (Å²) in [5, 5.41) is 7.90. The maximum absolute atomic E-state index is 5.23. The van der Waals surface area contributed by atoms with E-state index >= 15 is 0 Å². The quantitative estimate of drug-likeness (QED) is 0.461. The van der Waals surface area contributed by atoms with E-state index in [1.807, 2.05) is 55.5 Å². The van der Waals surface area contributed by atoms with Crippen molar-refractivity contribution in [3.05, 3.63) is 64.1 Å². The van der Waals surface area contributed by atoms with Gasteiger partial charge in [0.15, 0.2) is 5.11 Å². The highest BCUT2D eigenvalue weighted by molar-refractivity contribution is 9.10. The van der Waals surface area contributed by atoms with Crippen LogP contribution in [0.3, 0.4) is 0 Å². The third-order valence-electron chi connectivity index (χ3n) is 3.18. The van der Waals surface area contributed by atoms with Crippen molar-refractivity contribution >= 4 is 39.0 Å². The molecule has 0 aliphatic carbocycles. The monoisotopic (exact) mass is 391 g/mol. The molecule has 2 rings (SSSR count). The number of hydrogen-bond acceptors (Lipinski definition) is 3. The van der Waals surface area contributed by atoms with Crippen LogP contribution in [0.4, 0.5) is 0 Å². The lowest BCUT2D eigenvalue weighted by Crippen LogP contribution is -2.32. The number of methoxy groups -OCH3 is 1. The van der Waals surface area contributed by atoms with E-state index in [9.17, 15) is 0 Å². The Hall–Kier alpha value is -1.92. The van der Waals surface area contributed by atoms with E-state index in [4.69, 9.17) is 17.0 Å². The summed E-state index contributed by atoms with van der Waals surface area (Å²) in [4.78, 5) is 0. The van der Waals surface area contributed by atoms with Crippen LogP contribution in [-0.2, 0) is 6.54 Å². The van der Waals surface area contributed by atoms with Crippen molar-refractivity contribution in [3.8, 4) is 5.75 Å². The molecule has 6 heteroatoms. The molecule has 120 valence electrons. The zero-order valence-electron chi connectivity index (χ0n) is 13.0. The van der Waals surface area contributed by atoms with Crippen LogP contribution >= 0.6 is 28.1 Å². The van der Waals surface area contributed by atoms with Gasteiger partial charge in [0.05, 0.1) is 12.8 Å². The Morgan fingerprint density at radius 1 is 1.22 bits per heavy atom. The van der Waals surface area contributed by atoms with Crippen LogP contribution in [0.25, 0.3) is 0 Å². The summed E-state index contributed by atoms with van der Waals surface area (Å²) in [7, 11) is 1.65. The van der Waals surface area contributed by atoms with Crippen molar-refractivity contribution in [2.24, 2.45) is 5.10 Å². The minimum Gasteiger partial charge on any atom is -0.497 e. The summed E-state index contributed by atoms with van der Waals surface area (Å²) in [6.45, 7) is 2.56. The number of hydrazone groups is 1. The maximum Gasteiger partial charge on any atom is 0.187 e. The van der Waals surface area contributed by atoms with Gasteiger partial charge in [0.2, 0.25) is 0 Å². The first-order chi connectivity index (χ1) is 11.1. The molecule has 0 radical (unpaired) electrons. The van der Waals surface area contributed by atoms with Crippen molar-refractivity contribution in [3.63, 3.8) is 0 Å². The minimum absolute atomic E-state index is 0.482. The molecule has 0 fully saturated rings. The third-order valence-corrected chi connectivity index (χ3v) is 3.91. The second-order valence-electron chi connectivity index (χ2n) is 4.85. The Balaban J connectivity index is 1.85. The topological polar surface area (TPSA) is 45.6 Å². The zero-order chi connectivity index (χ0) is 16.7. The summed E-state index contributed by atoms with van der Waals surface area (Å²) >= 11 is 8.68. The molecule has 0 aromatic heterocycles. The number of nitrogens with one attached hydrogen (secondary N) is 2. The fourth-order valence-corrected chi connectivity index (χ4v) is 2.40. The number of rotatable bonds is 5. The average molecular weight is 392 g/mol. The van der Waals surface area contributed by atoms with Gasteiger partial charge in [0, 0.05) is 11.0 Å². The Kier molecular flexibility index (Phi) is 6.55. The van der Waals surface area contributed by atoms with E-state index in [1.165, 1.54) is 0 Å². The molecule has 2 aromatic carbocycles. The summed E-state index contributed by atoms with van der Waals surface area (Å²) in [5.74, 6) is 0.837. The molecule has 2 N–H and O–H groups in total. The van der Waals surface area contributed by atoms with Gasteiger partial charge in [-0.2, -0.15) is 5.10 Å². The van der Waals surface area contributed by atoms with Gasteiger partial charge in [-0.1, -0.05) is 40.2 Å². The molecule has 0 aliphatic rings. The average Bonchev–Trinajstić information content (AvgIpc) is 2.58. The van der Waals surface area contributed by atoms with Gasteiger partial charge >= 0.3 is 0 Å². The Bertz CT molecular complexity index is 701. The second kappa shape index (κ2) is 8.64. The van der Waals surface area contributed by atoms with Crippen LogP contribution in [-0.4, -0.2) is 17.9 Å². The summed E-state index contributed by atoms with van der Waals surface area (Å²) in [5.41, 5.74) is 5.87. The zero-order valence-corrected chi connectivity index (χ0v) is 15.4. The number of benzene rings is 2. The number of ether oxygens (including phenoxy) is 1. The first kappa shape index (κ1) is 17.4. The van der Waals surface area contributed by atoms with Crippen molar-refractivity contribution in [2.75, 3.05) is 7.11 Å². The molecule has 0 saturated heterocycles. The molecule has 4 nitrogen and oxygen atoms in total. The molecule has 0 aliphatic heterocycles. The first-order valence-corrected chi connectivity index (χ1v) is 8.25. The fraction of sp³-hybridized carbons (Fsp3) is 0.176. The van der Waals surface area contributed by atoms with Crippen LogP contribution in [0.15, 0.2) is 58.1 Å². The lowest BCUT2D eigenvalue weighted by Gasteiger charge is -2.09. The van der Waals surface area contributed by atoms with E-state index in [0.29, 0.717) is 11.7 Å². The number of nitrogens with zero attached hydrogens (tertiary/aromatic N) is 1. The smallest absolute Gasteiger partial charge is 0.187 e. The fourth-order valence-electron chi connectivity index (χ4n) is 1.88. The van der Waals surface area contributed by atoms with Gasteiger partial charge in [0.1, 0.15) is 5.75 Å². The van der Waals surface area contributed by atoms with Gasteiger partial charge < -0.3 is 10.1 Å². The molecule has 0 unspecified atom stereocenters. The summed E-state index contributed by atoms with van der Waals surface area (Å²) < 4.78 is 6.15. The van der Waals surface area contributed by atoms with Crippen LogP contribution in [0.2, 0.25) is 0 Å². The predicted molar refractivity (Wildman–Crippen MR) is 102 cm³/mol. The molecule has 0 atom stereocenters. The highest BCUT2D eigenvalue weighted by Gasteiger charge is 2.00. The van der Waals surface area contributed by atoms with Crippen molar-refractivity contribution < 1.29 is 4.74 Å². The van der Waals surface area contributed by atoms with E-state index in [1.54, 1.807) is 7.11 Å². The first-order valence-electron chi connectivity index (χ1n) is 7.05. The van der Waals surface area contributed by atoms with E-state index in [-0.39, 0.29) is 0 Å². The van der Waals surface area contributed by atoms with Gasteiger partial charge in [0.25, 0.3) is 0 Å². The van der Waals surface area contributed by atoms with Gasteiger partial charge in [-0.25, -0.2) is 0 Å². The number of halogens is 1. The van der Waals surface area contributed by atoms with E-state index in [0.717, 1.165) is 27.1 Å². The second-order valence-corrected chi connectivity index (χ2v) is 6.17.